The number of aromatic nitrogens is 4. The van der Waals surface area contributed by atoms with Gasteiger partial charge in [-0.25, -0.2) is 4.98 Å². The molecule has 22 heavy (non-hydrogen) atoms. The third kappa shape index (κ3) is 3.30. The summed E-state index contributed by atoms with van der Waals surface area (Å²) < 4.78 is 5.52. The maximum Gasteiger partial charge on any atom is 0.274 e. The molecule has 2 aromatic heterocycles. The highest BCUT2D eigenvalue weighted by Crippen LogP contribution is 2.19. The fraction of sp³-hybridized carbons (Fsp3) is 0.357. The fourth-order valence-electron chi connectivity index (χ4n) is 2.10. The zero-order valence-corrected chi connectivity index (χ0v) is 12.7. The van der Waals surface area contributed by atoms with Crippen LogP contribution in [0.2, 0.25) is 5.15 Å². The Kier molecular flexibility index (Phi) is 4.15. The molecule has 1 fully saturated rings. The van der Waals surface area contributed by atoms with E-state index < -0.39 is 0 Å². The molecule has 3 heterocycles. The summed E-state index contributed by atoms with van der Waals surface area (Å²) in [4.78, 5) is 29.9. The molecule has 2 aromatic rings. The molecule has 0 aromatic carbocycles. The van der Waals surface area contributed by atoms with Crippen LogP contribution in [0.15, 0.2) is 24.8 Å². The van der Waals surface area contributed by atoms with Gasteiger partial charge in [0.05, 0.1) is 30.9 Å². The van der Waals surface area contributed by atoms with Crippen LogP contribution in [0.1, 0.15) is 16.2 Å². The summed E-state index contributed by atoms with van der Waals surface area (Å²) in [7, 11) is 0. The van der Waals surface area contributed by atoms with Gasteiger partial charge in [0, 0.05) is 25.2 Å². The molecular formula is C14H14ClN5O2. The molecule has 3 rings (SSSR count). The molecule has 1 aliphatic heterocycles. The van der Waals surface area contributed by atoms with Crippen molar-refractivity contribution >= 4 is 17.5 Å². The summed E-state index contributed by atoms with van der Waals surface area (Å²) in [5, 5.41) is 0.292. The Morgan fingerprint density at radius 2 is 2.14 bits per heavy atom. The highest BCUT2D eigenvalue weighted by molar-refractivity contribution is 6.29. The Balaban J connectivity index is 1.47. The Morgan fingerprint density at radius 3 is 2.82 bits per heavy atom. The van der Waals surface area contributed by atoms with Crippen molar-refractivity contribution in [1.29, 1.82) is 0 Å². The number of halogens is 1. The first-order valence-corrected chi connectivity index (χ1v) is 7.18. The summed E-state index contributed by atoms with van der Waals surface area (Å²) in [5.74, 6) is 0.552. The number of ether oxygens (including phenoxy) is 1. The molecule has 8 heteroatoms. The second kappa shape index (κ2) is 6.23. The number of rotatable bonds is 4. The van der Waals surface area contributed by atoms with Crippen LogP contribution in [0.25, 0.3) is 0 Å². The van der Waals surface area contributed by atoms with E-state index in [1.807, 2.05) is 6.92 Å². The fourth-order valence-corrected chi connectivity index (χ4v) is 2.24. The van der Waals surface area contributed by atoms with Gasteiger partial charge in [0.25, 0.3) is 5.91 Å². The van der Waals surface area contributed by atoms with E-state index in [2.05, 4.69) is 19.9 Å². The van der Waals surface area contributed by atoms with Crippen LogP contribution in [0.4, 0.5) is 0 Å². The molecule has 7 nitrogen and oxygen atoms in total. The first-order valence-electron chi connectivity index (χ1n) is 6.80. The van der Waals surface area contributed by atoms with Gasteiger partial charge in [0.2, 0.25) is 5.88 Å². The van der Waals surface area contributed by atoms with E-state index in [4.69, 9.17) is 16.3 Å². The number of aryl methyl sites for hydroxylation is 1. The lowest BCUT2D eigenvalue weighted by molar-refractivity contribution is 0.0382. The molecule has 1 saturated heterocycles. The molecule has 0 spiro atoms. The van der Waals surface area contributed by atoms with Crippen LogP contribution in [0.3, 0.4) is 0 Å². The van der Waals surface area contributed by atoms with Crippen LogP contribution in [-0.2, 0) is 0 Å². The molecule has 0 aliphatic carbocycles. The predicted molar refractivity (Wildman–Crippen MR) is 78.7 cm³/mol. The van der Waals surface area contributed by atoms with Crippen molar-refractivity contribution in [2.75, 3.05) is 19.7 Å². The Morgan fingerprint density at radius 1 is 1.32 bits per heavy atom. The van der Waals surface area contributed by atoms with E-state index in [9.17, 15) is 4.79 Å². The quantitative estimate of drug-likeness (QED) is 0.847. The molecule has 114 valence electrons. The molecule has 0 saturated carbocycles. The average Bonchev–Trinajstić information content (AvgIpc) is 2.46. The molecule has 0 radical (unpaired) electrons. The summed E-state index contributed by atoms with van der Waals surface area (Å²) in [6, 6.07) is 0. The molecule has 1 amide bonds. The van der Waals surface area contributed by atoms with Gasteiger partial charge in [-0.3, -0.25) is 14.8 Å². The van der Waals surface area contributed by atoms with Crippen molar-refractivity contribution in [3.05, 3.63) is 41.3 Å². The average molecular weight is 320 g/mol. The summed E-state index contributed by atoms with van der Waals surface area (Å²) in [6.45, 7) is 3.56. The molecule has 0 bridgehead atoms. The zero-order chi connectivity index (χ0) is 15.5. The first-order chi connectivity index (χ1) is 10.6. The van der Waals surface area contributed by atoms with Crippen LogP contribution < -0.4 is 4.74 Å². The standard InChI is InChI=1S/C14H14ClN5O2/c1-9-2-18-11(3-17-9)14(21)20-6-10(7-20)8-22-13-5-16-4-12(15)19-13/h2-5,10H,6-8H2,1H3. The molecular weight excluding hydrogens is 306 g/mol. The van der Waals surface area contributed by atoms with Gasteiger partial charge in [-0.15, -0.1) is 0 Å². The molecule has 0 unspecified atom stereocenters. The predicted octanol–water partition coefficient (Wildman–Crippen LogP) is 1.38. The van der Waals surface area contributed by atoms with E-state index in [1.165, 1.54) is 18.6 Å². The number of carbonyl (C=O) groups excluding carboxylic acids is 1. The van der Waals surface area contributed by atoms with Gasteiger partial charge in [0.1, 0.15) is 5.69 Å². The largest absolute Gasteiger partial charge is 0.476 e. The smallest absolute Gasteiger partial charge is 0.274 e. The zero-order valence-electron chi connectivity index (χ0n) is 11.9. The lowest BCUT2D eigenvalue weighted by atomic mass is 10.0. The minimum absolute atomic E-state index is 0.105. The Hall–Kier alpha value is -2.28. The van der Waals surface area contributed by atoms with E-state index in [1.54, 1.807) is 11.1 Å². The second-order valence-electron chi connectivity index (χ2n) is 5.11. The molecule has 0 atom stereocenters. The summed E-state index contributed by atoms with van der Waals surface area (Å²) in [5.41, 5.74) is 1.15. The van der Waals surface area contributed by atoms with Crippen molar-refractivity contribution in [2.24, 2.45) is 5.92 Å². The van der Waals surface area contributed by atoms with Gasteiger partial charge < -0.3 is 9.64 Å². The molecule has 0 N–H and O–H groups in total. The van der Waals surface area contributed by atoms with E-state index >= 15 is 0 Å². The highest BCUT2D eigenvalue weighted by Gasteiger charge is 2.32. The lowest BCUT2D eigenvalue weighted by Crippen LogP contribution is -2.52. The maximum absolute atomic E-state index is 12.1. The first kappa shape index (κ1) is 14.6. The summed E-state index contributed by atoms with van der Waals surface area (Å²) in [6.07, 6.45) is 6.05. The number of hydrogen-bond acceptors (Lipinski definition) is 6. The van der Waals surface area contributed by atoms with Crippen molar-refractivity contribution < 1.29 is 9.53 Å². The van der Waals surface area contributed by atoms with E-state index in [0.29, 0.717) is 36.4 Å². The van der Waals surface area contributed by atoms with Gasteiger partial charge in [-0.05, 0) is 6.92 Å². The third-order valence-electron chi connectivity index (χ3n) is 3.29. The Bertz CT molecular complexity index is 673. The van der Waals surface area contributed by atoms with Crippen molar-refractivity contribution in [3.8, 4) is 5.88 Å². The minimum atomic E-state index is -0.105. The van der Waals surface area contributed by atoms with Gasteiger partial charge in [0.15, 0.2) is 5.15 Å². The molecule has 1 aliphatic rings. The SMILES string of the molecule is Cc1cnc(C(=O)N2CC(COc3cncc(Cl)n3)C2)cn1. The van der Waals surface area contributed by atoms with E-state index in [0.717, 1.165) is 5.69 Å². The number of nitrogens with zero attached hydrogens (tertiary/aromatic N) is 5. The van der Waals surface area contributed by atoms with Gasteiger partial charge in [-0.2, -0.15) is 4.98 Å². The van der Waals surface area contributed by atoms with Crippen molar-refractivity contribution in [2.45, 2.75) is 6.92 Å². The van der Waals surface area contributed by atoms with Crippen LogP contribution in [0, 0.1) is 12.8 Å². The van der Waals surface area contributed by atoms with Crippen LogP contribution in [0.5, 0.6) is 5.88 Å². The van der Waals surface area contributed by atoms with E-state index in [-0.39, 0.29) is 11.8 Å². The minimum Gasteiger partial charge on any atom is -0.476 e. The van der Waals surface area contributed by atoms with Crippen LogP contribution in [-0.4, -0.2) is 50.4 Å². The van der Waals surface area contributed by atoms with Crippen molar-refractivity contribution in [1.82, 2.24) is 24.8 Å². The number of carbonyl (C=O) groups is 1. The Labute approximate surface area is 132 Å². The number of amides is 1. The monoisotopic (exact) mass is 319 g/mol. The lowest BCUT2D eigenvalue weighted by Gasteiger charge is -2.38. The number of hydrogen-bond donors (Lipinski definition) is 0. The third-order valence-corrected chi connectivity index (χ3v) is 3.48. The van der Waals surface area contributed by atoms with Crippen LogP contribution >= 0.6 is 11.6 Å². The van der Waals surface area contributed by atoms with Gasteiger partial charge in [-0.1, -0.05) is 11.6 Å². The number of likely N-dealkylation sites (tertiary alicyclic amines) is 1. The van der Waals surface area contributed by atoms with Crippen molar-refractivity contribution in [3.63, 3.8) is 0 Å². The highest BCUT2D eigenvalue weighted by atomic mass is 35.5. The topological polar surface area (TPSA) is 81.1 Å². The summed E-state index contributed by atoms with van der Waals surface area (Å²) >= 11 is 5.73. The normalized spacial score (nSPS) is 14.5. The van der Waals surface area contributed by atoms with Gasteiger partial charge >= 0.3 is 0 Å². The maximum atomic E-state index is 12.1. The second-order valence-corrected chi connectivity index (χ2v) is 5.50.